The second kappa shape index (κ2) is 5.41. The molecule has 1 N–H and O–H groups in total. The van der Waals surface area contributed by atoms with Gasteiger partial charge in [0.15, 0.2) is 0 Å². The SMILES string of the molecule is Cc1cc(C(=O)N2CCC[C@H]3c4ccccc4C[C@H]32)ccc1O. The quantitative estimate of drug-likeness (QED) is 0.873. The van der Waals surface area contributed by atoms with Crippen LogP contribution in [-0.4, -0.2) is 28.5 Å². The number of likely N-dealkylation sites (tertiary alicyclic amines) is 1. The first-order valence-electron chi connectivity index (χ1n) is 8.33. The number of phenolic OH excluding ortho intramolecular Hbond substituents is 1. The van der Waals surface area contributed by atoms with E-state index in [0.717, 1.165) is 24.9 Å². The van der Waals surface area contributed by atoms with E-state index in [-0.39, 0.29) is 17.7 Å². The second-order valence-corrected chi connectivity index (χ2v) is 6.72. The summed E-state index contributed by atoms with van der Waals surface area (Å²) in [6.45, 7) is 2.66. The van der Waals surface area contributed by atoms with E-state index in [1.165, 1.54) is 17.5 Å². The third-order valence-electron chi connectivity index (χ3n) is 5.37. The largest absolute Gasteiger partial charge is 0.508 e. The van der Waals surface area contributed by atoms with Crippen molar-refractivity contribution in [3.8, 4) is 5.75 Å². The van der Waals surface area contributed by atoms with Gasteiger partial charge in [0.1, 0.15) is 5.75 Å². The molecule has 1 aliphatic heterocycles. The number of carbonyl (C=O) groups excluding carboxylic acids is 1. The Balaban J connectivity index is 1.65. The molecule has 1 amide bonds. The monoisotopic (exact) mass is 307 g/mol. The zero-order valence-electron chi connectivity index (χ0n) is 13.3. The molecule has 4 rings (SSSR count). The van der Waals surface area contributed by atoms with Crippen LogP contribution in [0.3, 0.4) is 0 Å². The molecular formula is C20H21NO2. The number of benzene rings is 2. The highest BCUT2D eigenvalue weighted by Crippen LogP contribution is 2.42. The Morgan fingerprint density at radius 3 is 2.87 bits per heavy atom. The van der Waals surface area contributed by atoms with Gasteiger partial charge in [-0.2, -0.15) is 0 Å². The first-order chi connectivity index (χ1) is 11.1. The molecule has 2 aromatic carbocycles. The van der Waals surface area contributed by atoms with Crippen molar-refractivity contribution in [1.82, 2.24) is 4.90 Å². The normalized spacial score (nSPS) is 22.6. The second-order valence-electron chi connectivity index (χ2n) is 6.72. The standard InChI is InChI=1S/C20H21NO2/c1-13-11-15(8-9-19(13)22)20(23)21-10-4-7-17-16-6-3-2-5-14(16)12-18(17)21/h2-3,5-6,8-9,11,17-18,22H,4,7,10,12H2,1H3/t17-,18+/m0/s1. The highest BCUT2D eigenvalue weighted by molar-refractivity contribution is 5.95. The Morgan fingerprint density at radius 1 is 1.22 bits per heavy atom. The van der Waals surface area contributed by atoms with Crippen LogP contribution in [0.4, 0.5) is 0 Å². The van der Waals surface area contributed by atoms with E-state index in [2.05, 4.69) is 29.2 Å². The molecule has 118 valence electrons. The van der Waals surface area contributed by atoms with E-state index in [1.54, 1.807) is 18.2 Å². The highest BCUT2D eigenvalue weighted by atomic mass is 16.3. The van der Waals surface area contributed by atoms with Crippen molar-refractivity contribution in [2.45, 2.75) is 38.1 Å². The minimum atomic E-state index is 0.0932. The van der Waals surface area contributed by atoms with Gasteiger partial charge in [0.2, 0.25) is 0 Å². The number of phenols is 1. The number of aromatic hydroxyl groups is 1. The molecule has 0 spiro atoms. The number of amides is 1. The molecule has 1 heterocycles. The molecule has 1 aliphatic carbocycles. The van der Waals surface area contributed by atoms with Crippen molar-refractivity contribution >= 4 is 5.91 Å². The van der Waals surface area contributed by atoms with E-state index in [1.807, 2.05) is 6.92 Å². The van der Waals surface area contributed by atoms with Crippen LogP contribution in [0.2, 0.25) is 0 Å². The molecule has 1 fully saturated rings. The van der Waals surface area contributed by atoms with Crippen molar-refractivity contribution in [1.29, 1.82) is 0 Å². The summed E-state index contributed by atoms with van der Waals surface area (Å²) in [6, 6.07) is 14.0. The predicted octanol–water partition coefficient (Wildman–Crippen LogP) is 3.65. The van der Waals surface area contributed by atoms with Gasteiger partial charge in [0.05, 0.1) is 0 Å². The molecule has 2 aromatic rings. The maximum atomic E-state index is 13.0. The number of nitrogens with zero attached hydrogens (tertiary/aromatic N) is 1. The van der Waals surface area contributed by atoms with Gasteiger partial charge in [-0.3, -0.25) is 4.79 Å². The van der Waals surface area contributed by atoms with Gasteiger partial charge in [0.25, 0.3) is 5.91 Å². The molecule has 1 saturated heterocycles. The molecule has 0 radical (unpaired) electrons. The fourth-order valence-corrected chi connectivity index (χ4v) is 4.19. The lowest BCUT2D eigenvalue weighted by Crippen LogP contribution is -2.46. The number of piperidine rings is 1. The van der Waals surface area contributed by atoms with Gasteiger partial charge in [-0.25, -0.2) is 0 Å². The third kappa shape index (κ3) is 2.31. The molecule has 0 bridgehead atoms. The molecule has 0 unspecified atom stereocenters. The topological polar surface area (TPSA) is 40.5 Å². The molecule has 2 atom stereocenters. The van der Waals surface area contributed by atoms with E-state index in [0.29, 0.717) is 11.5 Å². The number of aryl methyl sites for hydroxylation is 1. The van der Waals surface area contributed by atoms with Crippen molar-refractivity contribution in [3.63, 3.8) is 0 Å². The fourth-order valence-electron chi connectivity index (χ4n) is 4.19. The van der Waals surface area contributed by atoms with E-state index < -0.39 is 0 Å². The smallest absolute Gasteiger partial charge is 0.254 e. The molecular weight excluding hydrogens is 286 g/mol. The Hall–Kier alpha value is -2.29. The number of carbonyl (C=O) groups is 1. The van der Waals surface area contributed by atoms with Gasteiger partial charge in [-0.1, -0.05) is 24.3 Å². The summed E-state index contributed by atoms with van der Waals surface area (Å²) in [5, 5.41) is 9.68. The Kier molecular flexibility index (Phi) is 3.37. The molecule has 0 aromatic heterocycles. The van der Waals surface area contributed by atoms with Crippen LogP contribution in [-0.2, 0) is 6.42 Å². The van der Waals surface area contributed by atoms with Gasteiger partial charge in [0, 0.05) is 24.1 Å². The van der Waals surface area contributed by atoms with Crippen LogP contribution < -0.4 is 0 Å². The van der Waals surface area contributed by atoms with E-state index >= 15 is 0 Å². The number of hydrogen-bond donors (Lipinski definition) is 1. The van der Waals surface area contributed by atoms with Crippen molar-refractivity contribution in [3.05, 3.63) is 64.7 Å². The molecule has 2 aliphatic rings. The summed E-state index contributed by atoms with van der Waals surface area (Å²) in [5.41, 5.74) is 4.25. The summed E-state index contributed by atoms with van der Waals surface area (Å²) < 4.78 is 0. The van der Waals surface area contributed by atoms with Crippen LogP contribution in [0, 0.1) is 6.92 Å². The minimum Gasteiger partial charge on any atom is -0.508 e. The highest BCUT2D eigenvalue weighted by Gasteiger charge is 2.40. The number of hydrogen-bond acceptors (Lipinski definition) is 2. The minimum absolute atomic E-state index is 0.0932. The van der Waals surface area contributed by atoms with Crippen molar-refractivity contribution in [2.24, 2.45) is 0 Å². The molecule has 0 saturated carbocycles. The average Bonchev–Trinajstić information content (AvgIpc) is 2.95. The van der Waals surface area contributed by atoms with Crippen molar-refractivity contribution in [2.75, 3.05) is 6.54 Å². The predicted molar refractivity (Wildman–Crippen MR) is 89.8 cm³/mol. The van der Waals surface area contributed by atoms with Gasteiger partial charge < -0.3 is 10.0 Å². The lowest BCUT2D eigenvalue weighted by Gasteiger charge is -2.38. The first kappa shape index (κ1) is 14.3. The van der Waals surface area contributed by atoms with Crippen LogP contribution >= 0.6 is 0 Å². The average molecular weight is 307 g/mol. The third-order valence-corrected chi connectivity index (χ3v) is 5.37. The van der Waals surface area contributed by atoms with E-state index in [4.69, 9.17) is 0 Å². The Labute approximate surface area is 136 Å². The summed E-state index contributed by atoms with van der Waals surface area (Å²) in [6.07, 6.45) is 3.18. The van der Waals surface area contributed by atoms with Crippen LogP contribution in [0.15, 0.2) is 42.5 Å². The lowest BCUT2D eigenvalue weighted by atomic mass is 9.88. The Bertz CT molecular complexity index is 768. The van der Waals surface area contributed by atoms with Crippen LogP contribution in [0.1, 0.15) is 45.8 Å². The summed E-state index contributed by atoms with van der Waals surface area (Å²) in [5.74, 6) is 0.809. The molecule has 3 nitrogen and oxygen atoms in total. The Morgan fingerprint density at radius 2 is 2.04 bits per heavy atom. The van der Waals surface area contributed by atoms with Crippen molar-refractivity contribution < 1.29 is 9.90 Å². The molecule has 3 heteroatoms. The zero-order valence-corrected chi connectivity index (χ0v) is 13.3. The zero-order chi connectivity index (χ0) is 16.0. The summed E-state index contributed by atoms with van der Waals surface area (Å²) >= 11 is 0. The van der Waals surface area contributed by atoms with Crippen LogP contribution in [0.5, 0.6) is 5.75 Å². The first-order valence-corrected chi connectivity index (χ1v) is 8.33. The summed E-state index contributed by atoms with van der Waals surface area (Å²) in [4.78, 5) is 15.1. The summed E-state index contributed by atoms with van der Waals surface area (Å²) in [7, 11) is 0. The number of rotatable bonds is 1. The van der Waals surface area contributed by atoms with Gasteiger partial charge in [-0.15, -0.1) is 0 Å². The maximum absolute atomic E-state index is 13.0. The van der Waals surface area contributed by atoms with Gasteiger partial charge in [-0.05, 0) is 61.1 Å². The number of fused-ring (bicyclic) bond motifs is 3. The molecule has 23 heavy (non-hydrogen) atoms. The maximum Gasteiger partial charge on any atom is 0.254 e. The lowest BCUT2D eigenvalue weighted by molar-refractivity contribution is 0.0595. The van der Waals surface area contributed by atoms with Crippen LogP contribution in [0.25, 0.3) is 0 Å². The van der Waals surface area contributed by atoms with E-state index in [9.17, 15) is 9.90 Å². The fraction of sp³-hybridized carbons (Fsp3) is 0.350. The van der Waals surface area contributed by atoms with Gasteiger partial charge >= 0.3 is 0 Å².